The van der Waals surface area contributed by atoms with E-state index in [9.17, 15) is 19.8 Å². The van der Waals surface area contributed by atoms with Crippen LogP contribution in [0.4, 0.5) is 0 Å². The second kappa shape index (κ2) is 4.28. The van der Waals surface area contributed by atoms with E-state index < -0.39 is 17.5 Å². The van der Waals surface area contributed by atoms with Crippen molar-refractivity contribution in [3.8, 4) is 5.75 Å². The third-order valence-electron chi connectivity index (χ3n) is 1.62. The Morgan fingerprint density at radius 1 is 1.33 bits per heavy atom. The minimum absolute atomic E-state index is 0.212. The van der Waals surface area contributed by atoms with Crippen molar-refractivity contribution in [1.29, 1.82) is 0 Å². The Bertz CT molecular complexity index is 417. The molecule has 0 radical (unpaired) electrons. The van der Waals surface area contributed by atoms with Crippen LogP contribution in [0.1, 0.15) is 5.56 Å². The quantitative estimate of drug-likeness (QED) is 0.387. The second-order valence-electron chi connectivity index (χ2n) is 2.72. The zero-order valence-corrected chi connectivity index (χ0v) is 7.47. The average Bonchev–Trinajstić information content (AvgIpc) is 2.13. The molecule has 1 aromatic rings. The van der Waals surface area contributed by atoms with E-state index in [-0.39, 0.29) is 11.3 Å². The number of carbonyl (C=O) groups excluding carboxylic acids is 1. The highest BCUT2D eigenvalue weighted by Crippen LogP contribution is 2.11. The zero-order chi connectivity index (χ0) is 11.4. The number of carboxylic acids is 2. The van der Waals surface area contributed by atoms with E-state index in [0.29, 0.717) is 0 Å². The topological polar surface area (TPSA) is 100 Å². The number of hydrogen-bond donors (Lipinski definition) is 1. The molecule has 0 unspecified atom stereocenters. The fourth-order valence-electron chi connectivity index (χ4n) is 0.979. The molecule has 0 aromatic heterocycles. The van der Waals surface area contributed by atoms with E-state index in [1.807, 2.05) is 0 Å². The highest BCUT2D eigenvalue weighted by atomic mass is 16.4. The molecule has 0 aliphatic rings. The lowest BCUT2D eigenvalue weighted by molar-refractivity contribution is -0.298. The van der Waals surface area contributed by atoms with Crippen molar-refractivity contribution in [1.82, 2.24) is 0 Å². The molecule has 0 amide bonds. The van der Waals surface area contributed by atoms with Crippen LogP contribution in [0.2, 0.25) is 0 Å². The molecule has 0 spiro atoms. The summed E-state index contributed by atoms with van der Waals surface area (Å²) < 4.78 is 0. The molecule has 0 saturated heterocycles. The summed E-state index contributed by atoms with van der Waals surface area (Å²) in [6.07, 6.45) is 0.874. The smallest absolute Gasteiger partial charge is 0.337 e. The molecule has 0 atom stereocenters. The molecule has 0 saturated carbocycles. The summed E-state index contributed by atoms with van der Waals surface area (Å²) in [5.41, 5.74) is -0.676. The van der Waals surface area contributed by atoms with E-state index in [0.717, 1.165) is 12.1 Å². The molecular formula is C10H6O5-2. The van der Waals surface area contributed by atoms with Crippen molar-refractivity contribution in [2.45, 2.75) is 0 Å². The van der Waals surface area contributed by atoms with Crippen LogP contribution in [-0.4, -0.2) is 17.0 Å². The monoisotopic (exact) mass is 206 g/mol. The third-order valence-corrected chi connectivity index (χ3v) is 1.62. The van der Waals surface area contributed by atoms with E-state index in [1.165, 1.54) is 18.2 Å². The summed E-state index contributed by atoms with van der Waals surface area (Å²) in [4.78, 5) is 20.9. The summed E-state index contributed by atoms with van der Waals surface area (Å²) >= 11 is 0. The minimum Gasteiger partial charge on any atom is -0.872 e. The van der Waals surface area contributed by atoms with Crippen LogP contribution in [0.5, 0.6) is 5.75 Å². The lowest BCUT2D eigenvalue weighted by Gasteiger charge is -2.06. The van der Waals surface area contributed by atoms with Crippen molar-refractivity contribution in [2.75, 3.05) is 0 Å². The number of carboxylic acid groups (broad SMARTS) is 2. The molecule has 0 aliphatic heterocycles. The van der Waals surface area contributed by atoms with Gasteiger partial charge in [0.2, 0.25) is 0 Å². The summed E-state index contributed by atoms with van der Waals surface area (Å²) in [6.45, 7) is 0. The van der Waals surface area contributed by atoms with Gasteiger partial charge in [0.1, 0.15) is 0 Å². The molecule has 0 fully saturated rings. The highest BCUT2D eigenvalue weighted by Gasteiger charge is 2.07. The predicted octanol–water partition coefficient (Wildman–Crippen LogP) is -1.02. The van der Waals surface area contributed by atoms with Gasteiger partial charge in [0, 0.05) is 0 Å². The van der Waals surface area contributed by atoms with Gasteiger partial charge in [0.25, 0.3) is 0 Å². The van der Waals surface area contributed by atoms with Crippen LogP contribution in [-0.2, 0) is 9.59 Å². The Kier molecular flexibility index (Phi) is 3.07. The number of hydrogen-bond acceptors (Lipinski definition) is 4. The van der Waals surface area contributed by atoms with Gasteiger partial charge in [-0.2, -0.15) is 0 Å². The van der Waals surface area contributed by atoms with Gasteiger partial charge in [-0.15, -0.1) is 5.75 Å². The van der Waals surface area contributed by atoms with E-state index in [4.69, 9.17) is 5.11 Å². The predicted molar refractivity (Wildman–Crippen MR) is 46.5 cm³/mol. The SMILES string of the molecule is O=C([O-])/C(=C\c1cccc([O-])c1)C(=O)O. The Balaban J connectivity index is 3.13. The van der Waals surface area contributed by atoms with Crippen molar-refractivity contribution < 1.29 is 24.9 Å². The van der Waals surface area contributed by atoms with Crippen molar-refractivity contribution in [3.63, 3.8) is 0 Å². The standard InChI is InChI=1S/C10H8O5/c11-7-3-1-2-6(4-7)5-8(9(12)13)10(14)15/h1-5,11H,(H,12,13)(H,14,15)/p-2. The number of benzene rings is 1. The van der Waals surface area contributed by atoms with Crippen molar-refractivity contribution in [3.05, 3.63) is 35.4 Å². The number of carbonyl (C=O) groups is 2. The molecule has 78 valence electrons. The van der Waals surface area contributed by atoms with Crippen LogP contribution in [0.25, 0.3) is 6.08 Å². The van der Waals surface area contributed by atoms with Crippen LogP contribution >= 0.6 is 0 Å². The van der Waals surface area contributed by atoms with E-state index in [1.54, 1.807) is 0 Å². The maximum atomic E-state index is 10.9. The first-order valence-electron chi connectivity index (χ1n) is 3.94. The molecule has 1 N–H and O–H groups in total. The molecule has 5 nitrogen and oxygen atoms in total. The van der Waals surface area contributed by atoms with Gasteiger partial charge in [-0.05, 0) is 11.6 Å². The second-order valence-corrected chi connectivity index (χ2v) is 2.72. The van der Waals surface area contributed by atoms with Gasteiger partial charge >= 0.3 is 5.97 Å². The fourth-order valence-corrected chi connectivity index (χ4v) is 0.979. The number of aliphatic carboxylic acids is 2. The Morgan fingerprint density at radius 2 is 2.00 bits per heavy atom. The summed E-state index contributed by atoms with van der Waals surface area (Å²) in [7, 11) is 0. The van der Waals surface area contributed by atoms with Crippen LogP contribution in [0.15, 0.2) is 29.8 Å². The van der Waals surface area contributed by atoms with Gasteiger partial charge in [-0.3, -0.25) is 0 Å². The number of rotatable bonds is 3. The minimum atomic E-state index is -1.79. The Labute approximate surface area is 84.9 Å². The molecule has 0 bridgehead atoms. The van der Waals surface area contributed by atoms with E-state index in [2.05, 4.69) is 0 Å². The summed E-state index contributed by atoms with van der Waals surface area (Å²) in [5, 5.41) is 29.8. The maximum absolute atomic E-state index is 10.9. The normalized spacial score (nSPS) is 11.1. The van der Waals surface area contributed by atoms with Crippen LogP contribution in [0, 0.1) is 0 Å². The van der Waals surface area contributed by atoms with Gasteiger partial charge in [0.15, 0.2) is 0 Å². The zero-order valence-electron chi connectivity index (χ0n) is 7.47. The highest BCUT2D eigenvalue weighted by molar-refractivity contribution is 6.15. The van der Waals surface area contributed by atoms with Gasteiger partial charge in [-0.25, -0.2) is 4.79 Å². The fraction of sp³-hybridized carbons (Fsp3) is 0. The third kappa shape index (κ3) is 2.84. The van der Waals surface area contributed by atoms with Crippen LogP contribution < -0.4 is 10.2 Å². The van der Waals surface area contributed by atoms with Gasteiger partial charge < -0.3 is 20.1 Å². The Morgan fingerprint density at radius 3 is 2.47 bits per heavy atom. The lowest BCUT2D eigenvalue weighted by Crippen LogP contribution is -2.28. The molecule has 5 heteroatoms. The van der Waals surface area contributed by atoms with E-state index >= 15 is 0 Å². The van der Waals surface area contributed by atoms with Crippen molar-refractivity contribution >= 4 is 18.0 Å². The molecule has 0 aliphatic carbocycles. The summed E-state index contributed by atoms with van der Waals surface area (Å²) in [6, 6.07) is 5.23. The Hall–Kier alpha value is -2.30. The van der Waals surface area contributed by atoms with Crippen LogP contribution in [0.3, 0.4) is 0 Å². The van der Waals surface area contributed by atoms with Crippen molar-refractivity contribution in [2.24, 2.45) is 0 Å². The largest absolute Gasteiger partial charge is 0.872 e. The molecule has 1 rings (SSSR count). The molecule has 0 heterocycles. The lowest BCUT2D eigenvalue weighted by atomic mass is 10.1. The molecule has 15 heavy (non-hydrogen) atoms. The first-order valence-corrected chi connectivity index (χ1v) is 3.94. The first kappa shape index (κ1) is 10.8. The maximum Gasteiger partial charge on any atom is 0.337 e. The molecular weight excluding hydrogens is 200 g/mol. The van der Waals surface area contributed by atoms with Gasteiger partial charge in [-0.1, -0.05) is 24.3 Å². The average molecular weight is 206 g/mol. The first-order chi connectivity index (χ1) is 7.00. The summed E-state index contributed by atoms with van der Waals surface area (Å²) in [5.74, 6) is -3.73. The molecule has 1 aromatic carbocycles. The van der Waals surface area contributed by atoms with Gasteiger partial charge in [0.05, 0.1) is 11.5 Å².